The third-order valence-corrected chi connectivity index (χ3v) is 3.11. The molecule has 0 aromatic carbocycles. The van der Waals surface area contributed by atoms with Crippen molar-refractivity contribution >= 4 is 35.1 Å². The van der Waals surface area contributed by atoms with Crippen molar-refractivity contribution in [1.82, 2.24) is 9.97 Å². The number of nitrogens with zero attached hydrogens (tertiary/aromatic N) is 3. The van der Waals surface area contributed by atoms with Crippen LogP contribution in [0.25, 0.3) is 0 Å². The van der Waals surface area contributed by atoms with E-state index in [1.54, 1.807) is 18.0 Å². The van der Waals surface area contributed by atoms with Crippen molar-refractivity contribution in [2.75, 3.05) is 42.4 Å². The Morgan fingerprint density at radius 3 is 2.94 bits per heavy atom. The minimum atomic E-state index is 0.593. The summed E-state index contributed by atoms with van der Waals surface area (Å²) >= 11 is 7.91. The second-order valence-corrected chi connectivity index (χ2v) is 5.10. The molecule has 0 spiro atoms. The fraction of sp³-hybridized carbons (Fsp3) is 0.636. The topological polar surface area (TPSA) is 41.1 Å². The van der Waals surface area contributed by atoms with Gasteiger partial charge in [0, 0.05) is 25.9 Å². The zero-order chi connectivity index (χ0) is 12.7. The summed E-state index contributed by atoms with van der Waals surface area (Å²) in [4.78, 5) is 10.6. The zero-order valence-corrected chi connectivity index (χ0v) is 12.1. The smallest absolute Gasteiger partial charge is 0.224 e. The van der Waals surface area contributed by atoms with Crippen molar-refractivity contribution in [2.24, 2.45) is 0 Å². The SMILES string of the molecule is CCCNc1ncc(Cl)c(N(C)CCSC)n1. The van der Waals surface area contributed by atoms with Gasteiger partial charge in [0.2, 0.25) is 5.95 Å². The monoisotopic (exact) mass is 274 g/mol. The molecule has 0 bridgehead atoms. The Bertz CT molecular complexity index is 348. The lowest BCUT2D eigenvalue weighted by Crippen LogP contribution is -2.22. The van der Waals surface area contributed by atoms with E-state index in [1.165, 1.54) is 0 Å². The van der Waals surface area contributed by atoms with E-state index in [4.69, 9.17) is 11.6 Å². The van der Waals surface area contributed by atoms with E-state index in [-0.39, 0.29) is 0 Å². The molecule has 0 saturated carbocycles. The van der Waals surface area contributed by atoms with E-state index in [2.05, 4.69) is 33.4 Å². The predicted octanol–water partition coefficient (Wildman–Crippen LogP) is 2.75. The zero-order valence-electron chi connectivity index (χ0n) is 10.5. The van der Waals surface area contributed by atoms with Crippen LogP contribution in [0.4, 0.5) is 11.8 Å². The van der Waals surface area contributed by atoms with Gasteiger partial charge >= 0.3 is 0 Å². The molecule has 1 rings (SSSR count). The van der Waals surface area contributed by atoms with Crippen LogP contribution in [0.3, 0.4) is 0 Å². The molecule has 0 radical (unpaired) electrons. The number of thioether (sulfide) groups is 1. The number of halogens is 1. The summed E-state index contributed by atoms with van der Waals surface area (Å²) in [5.41, 5.74) is 0. The van der Waals surface area contributed by atoms with Crippen LogP contribution in [0.15, 0.2) is 6.20 Å². The maximum Gasteiger partial charge on any atom is 0.224 e. The van der Waals surface area contributed by atoms with Crippen molar-refractivity contribution < 1.29 is 0 Å². The first-order chi connectivity index (χ1) is 8.19. The highest BCUT2D eigenvalue weighted by Gasteiger charge is 2.09. The summed E-state index contributed by atoms with van der Waals surface area (Å²) in [6.45, 7) is 3.90. The summed E-state index contributed by atoms with van der Waals surface area (Å²) in [6, 6.07) is 0. The summed E-state index contributed by atoms with van der Waals surface area (Å²) in [6.07, 6.45) is 4.78. The van der Waals surface area contributed by atoms with Crippen molar-refractivity contribution in [3.05, 3.63) is 11.2 Å². The summed E-state index contributed by atoms with van der Waals surface area (Å²) in [5, 5.41) is 3.75. The minimum absolute atomic E-state index is 0.593. The number of hydrogen-bond acceptors (Lipinski definition) is 5. The molecule has 1 aromatic heterocycles. The Morgan fingerprint density at radius 2 is 2.29 bits per heavy atom. The molecule has 0 amide bonds. The highest BCUT2D eigenvalue weighted by Crippen LogP contribution is 2.22. The molecule has 96 valence electrons. The molecule has 0 fully saturated rings. The van der Waals surface area contributed by atoms with Crippen LogP contribution in [-0.2, 0) is 0 Å². The maximum absolute atomic E-state index is 6.10. The number of nitrogens with one attached hydrogen (secondary N) is 1. The molecule has 1 N–H and O–H groups in total. The lowest BCUT2D eigenvalue weighted by atomic mass is 10.5. The van der Waals surface area contributed by atoms with Gasteiger partial charge in [-0.1, -0.05) is 18.5 Å². The quantitative estimate of drug-likeness (QED) is 0.828. The molecular formula is C11H19ClN4S. The number of anilines is 2. The van der Waals surface area contributed by atoms with Gasteiger partial charge in [-0.15, -0.1) is 0 Å². The van der Waals surface area contributed by atoms with E-state index < -0.39 is 0 Å². The van der Waals surface area contributed by atoms with Crippen molar-refractivity contribution in [2.45, 2.75) is 13.3 Å². The van der Waals surface area contributed by atoms with Gasteiger partial charge in [0.25, 0.3) is 0 Å². The van der Waals surface area contributed by atoms with E-state index >= 15 is 0 Å². The first kappa shape index (κ1) is 14.4. The highest BCUT2D eigenvalue weighted by molar-refractivity contribution is 7.98. The molecule has 0 aliphatic carbocycles. The largest absolute Gasteiger partial charge is 0.357 e. The Morgan fingerprint density at radius 1 is 1.53 bits per heavy atom. The van der Waals surface area contributed by atoms with Gasteiger partial charge in [0.1, 0.15) is 5.02 Å². The fourth-order valence-electron chi connectivity index (χ4n) is 1.28. The van der Waals surface area contributed by atoms with Crippen molar-refractivity contribution in [3.63, 3.8) is 0 Å². The lowest BCUT2D eigenvalue weighted by Gasteiger charge is -2.19. The summed E-state index contributed by atoms with van der Waals surface area (Å²) in [7, 11) is 1.99. The number of rotatable bonds is 7. The number of hydrogen-bond donors (Lipinski definition) is 1. The van der Waals surface area contributed by atoms with Crippen LogP contribution in [0.1, 0.15) is 13.3 Å². The Kier molecular flexibility index (Phi) is 6.44. The van der Waals surface area contributed by atoms with Gasteiger partial charge in [-0.3, -0.25) is 0 Å². The van der Waals surface area contributed by atoms with Crippen molar-refractivity contribution in [3.8, 4) is 0 Å². The van der Waals surface area contributed by atoms with Crippen LogP contribution < -0.4 is 10.2 Å². The van der Waals surface area contributed by atoms with E-state index in [0.717, 1.165) is 31.1 Å². The number of aromatic nitrogens is 2. The van der Waals surface area contributed by atoms with Gasteiger partial charge in [-0.05, 0) is 12.7 Å². The third kappa shape index (κ3) is 4.60. The molecule has 4 nitrogen and oxygen atoms in total. The Hall–Kier alpha value is -0.680. The molecule has 1 heterocycles. The molecule has 0 saturated heterocycles. The molecule has 17 heavy (non-hydrogen) atoms. The van der Waals surface area contributed by atoms with Crippen molar-refractivity contribution in [1.29, 1.82) is 0 Å². The normalized spacial score (nSPS) is 10.4. The van der Waals surface area contributed by atoms with Crippen LogP contribution in [-0.4, -0.2) is 42.1 Å². The van der Waals surface area contributed by atoms with Gasteiger partial charge in [-0.25, -0.2) is 4.98 Å². The molecule has 6 heteroatoms. The molecule has 0 atom stereocenters. The van der Waals surface area contributed by atoms with Crippen LogP contribution >= 0.6 is 23.4 Å². The molecule has 0 unspecified atom stereocenters. The van der Waals surface area contributed by atoms with Crippen LogP contribution in [0.5, 0.6) is 0 Å². The first-order valence-electron chi connectivity index (χ1n) is 5.65. The van der Waals surface area contributed by atoms with Gasteiger partial charge < -0.3 is 10.2 Å². The van der Waals surface area contributed by atoms with Gasteiger partial charge in [0.15, 0.2) is 5.82 Å². The summed E-state index contributed by atoms with van der Waals surface area (Å²) in [5.74, 6) is 2.48. The fourth-order valence-corrected chi connectivity index (χ4v) is 1.97. The lowest BCUT2D eigenvalue weighted by molar-refractivity contribution is 0.917. The Balaban J connectivity index is 2.74. The minimum Gasteiger partial charge on any atom is -0.357 e. The third-order valence-electron chi connectivity index (χ3n) is 2.25. The van der Waals surface area contributed by atoms with Crippen LogP contribution in [0.2, 0.25) is 5.02 Å². The van der Waals surface area contributed by atoms with Gasteiger partial charge in [-0.2, -0.15) is 16.7 Å². The van der Waals surface area contributed by atoms with Gasteiger partial charge in [0.05, 0.1) is 6.20 Å². The summed E-state index contributed by atoms with van der Waals surface area (Å²) < 4.78 is 0. The molecule has 0 aliphatic rings. The van der Waals surface area contributed by atoms with E-state index in [0.29, 0.717) is 11.0 Å². The predicted molar refractivity (Wildman–Crippen MR) is 77.5 cm³/mol. The average molecular weight is 275 g/mol. The standard InChI is InChI=1S/C11H19ClN4S/c1-4-5-13-11-14-8-9(12)10(15-11)16(2)6-7-17-3/h8H,4-7H2,1-3H3,(H,13,14,15). The van der Waals surface area contributed by atoms with Crippen LogP contribution in [0, 0.1) is 0 Å². The van der Waals surface area contributed by atoms with E-state index in [1.807, 2.05) is 7.05 Å². The maximum atomic E-state index is 6.10. The van der Waals surface area contributed by atoms with E-state index in [9.17, 15) is 0 Å². The first-order valence-corrected chi connectivity index (χ1v) is 7.42. The molecule has 1 aromatic rings. The molecular weight excluding hydrogens is 256 g/mol. The second kappa shape index (κ2) is 7.61. The second-order valence-electron chi connectivity index (χ2n) is 3.71. The molecule has 0 aliphatic heterocycles. The highest BCUT2D eigenvalue weighted by atomic mass is 35.5. The Labute approximate surface area is 112 Å². The average Bonchev–Trinajstić information content (AvgIpc) is 2.35.